The van der Waals surface area contributed by atoms with E-state index in [0.29, 0.717) is 12.2 Å². The summed E-state index contributed by atoms with van der Waals surface area (Å²) in [6, 6.07) is 6.37. The molecule has 0 aromatic heterocycles. The van der Waals surface area contributed by atoms with Crippen molar-refractivity contribution in [3.8, 4) is 0 Å². The van der Waals surface area contributed by atoms with Crippen molar-refractivity contribution in [1.29, 1.82) is 0 Å². The topological polar surface area (TPSA) is 83.6 Å². The van der Waals surface area contributed by atoms with Crippen LogP contribution in [0.5, 0.6) is 0 Å². The van der Waals surface area contributed by atoms with Gasteiger partial charge in [-0.3, -0.25) is 4.79 Å². The van der Waals surface area contributed by atoms with Gasteiger partial charge in [0.25, 0.3) is 0 Å². The molecule has 0 radical (unpaired) electrons. The SMILES string of the molecule is CN(C(=O)C1CCCCC1CN)c1ccc(C(=O)O)cc1. The van der Waals surface area contributed by atoms with Crippen LogP contribution < -0.4 is 10.6 Å². The maximum Gasteiger partial charge on any atom is 0.335 e. The zero-order valence-corrected chi connectivity index (χ0v) is 12.3. The van der Waals surface area contributed by atoms with Gasteiger partial charge in [-0.15, -0.1) is 0 Å². The third-order valence-electron chi connectivity index (χ3n) is 4.36. The smallest absolute Gasteiger partial charge is 0.335 e. The Labute approximate surface area is 124 Å². The number of carbonyl (C=O) groups excluding carboxylic acids is 1. The number of anilines is 1. The number of nitrogens with two attached hydrogens (primary N) is 1. The molecular weight excluding hydrogens is 268 g/mol. The molecule has 2 atom stereocenters. The largest absolute Gasteiger partial charge is 0.478 e. The molecule has 3 N–H and O–H groups in total. The summed E-state index contributed by atoms with van der Waals surface area (Å²) in [5.74, 6) is -0.654. The first-order valence-corrected chi connectivity index (χ1v) is 7.35. The van der Waals surface area contributed by atoms with Crippen LogP contribution in [0, 0.1) is 11.8 Å². The molecule has 0 spiro atoms. The molecule has 1 aliphatic rings. The average molecular weight is 290 g/mol. The van der Waals surface area contributed by atoms with Crippen LogP contribution in [0.2, 0.25) is 0 Å². The Balaban J connectivity index is 2.12. The van der Waals surface area contributed by atoms with Crippen molar-refractivity contribution < 1.29 is 14.7 Å². The molecule has 0 aliphatic heterocycles. The van der Waals surface area contributed by atoms with Crippen molar-refractivity contribution in [3.05, 3.63) is 29.8 Å². The lowest BCUT2D eigenvalue weighted by Crippen LogP contribution is -2.40. The molecule has 2 unspecified atom stereocenters. The fourth-order valence-electron chi connectivity index (χ4n) is 3.02. The summed E-state index contributed by atoms with van der Waals surface area (Å²) in [4.78, 5) is 25.1. The van der Waals surface area contributed by atoms with E-state index in [-0.39, 0.29) is 23.3 Å². The van der Waals surface area contributed by atoms with Gasteiger partial charge in [-0.1, -0.05) is 12.8 Å². The number of hydrogen-bond acceptors (Lipinski definition) is 3. The van der Waals surface area contributed by atoms with Crippen molar-refractivity contribution in [1.82, 2.24) is 0 Å². The third-order valence-corrected chi connectivity index (χ3v) is 4.36. The van der Waals surface area contributed by atoms with Gasteiger partial charge in [0.2, 0.25) is 5.91 Å². The number of nitrogens with zero attached hydrogens (tertiary/aromatic N) is 1. The minimum atomic E-state index is -0.967. The molecule has 1 fully saturated rings. The van der Waals surface area contributed by atoms with Gasteiger partial charge >= 0.3 is 5.97 Å². The van der Waals surface area contributed by atoms with E-state index in [4.69, 9.17) is 10.8 Å². The zero-order chi connectivity index (χ0) is 15.4. The normalized spacial score (nSPS) is 21.8. The maximum absolute atomic E-state index is 12.6. The second-order valence-electron chi connectivity index (χ2n) is 5.64. The lowest BCUT2D eigenvalue weighted by atomic mass is 9.78. The standard InChI is InChI=1S/C16H22N2O3/c1-18(13-8-6-11(7-9-13)16(20)21)15(19)14-5-3-2-4-12(14)10-17/h6-9,12,14H,2-5,10,17H2,1H3,(H,20,21). The van der Waals surface area contributed by atoms with E-state index >= 15 is 0 Å². The number of benzene rings is 1. The summed E-state index contributed by atoms with van der Waals surface area (Å²) in [7, 11) is 1.74. The number of hydrogen-bond donors (Lipinski definition) is 2. The summed E-state index contributed by atoms with van der Waals surface area (Å²) >= 11 is 0. The van der Waals surface area contributed by atoms with Crippen LogP contribution in [0.1, 0.15) is 36.0 Å². The second-order valence-corrected chi connectivity index (χ2v) is 5.64. The highest BCUT2D eigenvalue weighted by Crippen LogP contribution is 2.31. The molecule has 114 valence electrons. The fourth-order valence-corrected chi connectivity index (χ4v) is 3.02. The zero-order valence-electron chi connectivity index (χ0n) is 12.3. The minimum absolute atomic E-state index is 0.0205. The van der Waals surface area contributed by atoms with Crippen molar-refractivity contribution in [3.63, 3.8) is 0 Å². The van der Waals surface area contributed by atoms with Gasteiger partial charge in [-0.2, -0.15) is 0 Å². The van der Waals surface area contributed by atoms with E-state index < -0.39 is 5.97 Å². The molecule has 5 heteroatoms. The third kappa shape index (κ3) is 3.42. The Morgan fingerprint density at radius 1 is 1.24 bits per heavy atom. The number of rotatable bonds is 4. The highest BCUT2D eigenvalue weighted by molar-refractivity contribution is 5.95. The van der Waals surface area contributed by atoms with Crippen molar-refractivity contribution >= 4 is 17.6 Å². The number of carbonyl (C=O) groups is 2. The lowest BCUT2D eigenvalue weighted by Gasteiger charge is -2.32. The molecule has 1 aromatic rings. The van der Waals surface area contributed by atoms with Gasteiger partial charge in [0.1, 0.15) is 0 Å². The van der Waals surface area contributed by atoms with E-state index in [1.54, 1.807) is 24.1 Å². The quantitative estimate of drug-likeness (QED) is 0.889. The first-order valence-electron chi connectivity index (χ1n) is 7.35. The van der Waals surface area contributed by atoms with Gasteiger partial charge in [-0.25, -0.2) is 4.79 Å². The van der Waals surface area contributed by atoms with Gasteiger partial charge in [0, 0.05) is 18.7 Å². The van der Waals surface area contributed by atoms with Gasteiger partial charge in [0.05, 0.1) is 5.56 Å². The average Bonchev–Trinajstić information content (AvgIpc) is 2.53. The molecule has 1 amide bonds. The van der Waals surface area contributed by atoms with Crippen LogP contribution >= 0.6 is 0 Å². The first kappa shape index (κ1) is 15.5. The number of carboxylic acid groups (broad SMARTS) is 1. The summed E-state index contributed by atoms with van der Waals surface area (Å²) in [5, 5.41) is 8.90. The predicted octanol–water partition coefficient (Wildman–Crippen LogP) is 2.11. The van der Waals surface area contributed by atoms with E-state index in [1.807, 2.05) is 0 Å². The monoisotopic (exact) mass is 290 g/mol. The molecule has 5 nitrogen and oxygen atoms in total. The molecule has 2 rings (SSSR count). The van der Waals surface area contributed by atoms with Crippen LogP contribution in [0.3, 0.4) is 0 Å². The van der Waals surface area contributed by atoms with E-state index in [2.05, 4.69) is 0 Å². The van der Waals surface area contributed by atoms with E-state index in [1.165, 1.54) is 12.1 Å². The fraction of sp³-hybridized carbons (Fsp3) is 0.500. The van der Waals surface area contributed by atoms with Crippen molar-refractivity contribution in [2.75, 3.05) is 18.5 Å². The van der Waals surface area contributed by atoms with Gasteiger partial charge in [-0.05, 0) is 49.6 Å². The Bertz CT molecular complexity index is 513. The number of aromatic carboxylic acids is 1. The lowest BCUT2D eigenvalue weighted by molar-refractivity contribution is -0.124. The highest BCUT2D eigenvalue weighted by atomic mass is 16.4. The second kappa shape index (κ2) is 6.72. The Hall–Kier alpha value is -1.88. The van der Waals surface area contributed by atoms with Crippen molar-refractivity contribution in [2.24, 2.45) is 17.6 Å². The maximum atomic E-state index is 12.6. The number of amides is 1. The van der Waals surface area contributed by atoms with E-state index in [0.717, 1.165) is 25.7 Å². The summed E-state index contributed by atoms with van der Waals surface area (Å²) in [6.07, 6.45) is 4.11. The van der Waals surface area contributed by atoms with Crippen LogP contribution in [-0.4, -0.2) is 30.6 Å². The Kier molecular flexibility index (Phi) is 4.96. The van der Waals surface area contributed by atoms with Crippen LogP contribution in [0.15, 0.2) is 24.3 Å². The van der Waals surface area contributed by atoms with Crippen molar-refractivity contribution in [2.45, 2.75) is 25.7 Å². The van der Waals surface area contributed by atoms with E-state index in [9.17, 15) is 9.59 Å². The highest BCUT2D eigenvalue weighted by Gasteiger charge is 2.32. The summed E-state index contributed by atoms with van der Waals surface area (Å²) in [5.41, 5.74) is 6.72. The molecule has 21 heavy (non-hydrogen) atoms. The minimum Gasteiger partial charge on any atom is -0.478 e. The molecule has 1 saturated carbocycles. The number of carboxylic acids is 1. The predicted molar refractivity (Wildman–Crippen MR) is 81.3 cm³/mol. The van der Waals surface area contributed by atoms with Crippen LogP contribution in [0.4, 0.5) is 5.69 Å². The summed E-state index contributed by atoms with van der Waals surface area (Å²) in [6.45, 7) is 0.544. The first-order chi connectivity index (χ1) is 10.0. The Morgan fingerprint density at radius 3 is 2.43 bits per heavy atom. The molecule has 0 bridgehead atoms. The Morgan fingerprint density at radius 2 is 1.86 bits per heavy atom. The molecule has 1 aromatic carbocycles. The van der Waals surface area contributed by atoms with Gasteiger partial charge < -0.3 is 15.7 Å². The molecule has 0 heterocycles. The molecule has 1 aliphatic carbocycles. The van der Waals surface area contributed by atoms with Crippen LogP contribution in [0.25, 0.3) is 0 Å². The molecule has 0 saturated heterocycles. The van der Waals surface area contributed by atoms with Gasteiger partial charge in [0.15, 0.2) is 0 Å². The molecular formula is C16H22N2O3. The summed E-state index contributed by atoms with van der Waals surface area (Å²) < 4.78 is 0. The van der Waals surface area contributed by atoms with Crippen LogP contribution in [-0.2, 0) is 4.79 Å².